The van der Waals surface area contributed by atoms with Crippen LogP contribution in [0.25, 0.3) is 10.8 Å². The van der Waals surface area contributed by atoms with Crippen LogP contribution in [0.3, 0.4) is 0 Å². The fourth-order valence-electron chi connectivity index (χ4n) is 2.64. The zero-order valence-corrected chi connectivity index (χ0v) is 14.8. The highest BCUT2D eigenvalue weighted by Crippen LogP contribution is 2.27. The predicted octanol–water partition coefficient (Wildman–Crippen LogP) is 1.62. The number of hydrogen-bond donors (Lipinski definition) is 1. The van der Waals surface area contributed by atoms with E-state index >= 15 is 0 Å². The average Bonchev–Trinajstić information content (AvgIpc) is 3.01. The summed E-state index contributed by atoms with van der Waals surface area (Å²) in [5.74, 6) is 1.95. The van der Waals surface area contributed by atoms with Crippen molar-refractivity contribution >= 4 is 22.5 Å². The number of ether oxygens (including phenoxy) is 1. The van der Waals surface area contributed by atoms with Crippen molar-refractivity contribution in [1.29, 1.82) is 0 Å². The maximum atomic E-state index is 5.82. The monoisotopic (exact) mass is 344 g/mol. The van der Waals surface area contributed by atoms with Gasteiger partial charge in [-0.15, -0.1) is 5.10 Å². The summed E-state index contributed by atoms with van der Waals surface area (Å²) in [4.78, 5) is 0. The van der Waals surface area contributed by atoms with Crippen molar-refractivity contribution in [2.75, 3.05) is 18.9 Å². The van der Waals surface area contributed by atoms with Crippen LogP contribution in [0.1, 0.15) is 12.5 Å². The standard InChI is InChI=1S/C17H21N5OS/c1-3-23-16-9-8-13-6-4-5-7-14(13)15(16)12-18-10-11-24-17-19-20-21-22(17)2/h4-9,18H,3,10-12H2,1-2H3/p+1. The van der Waals surface area contributed by atoms with E-state index in [-0.39, 0.29) is 0 Å². The molecule has 0 radical (unpaired) electrons. The lowest BCUT2D eigenvalue weighted by Crippen LogP contribution is -2.83. The van der Waals surface area contributed by atoms with Crippen LogP contribution in [0.4, 0.5) is 0 Å². The number of quaternary nitrogens is 1. The van der Waals surface area contributed by atoms with Crippen molar-refractivity contribution in [1.82, 2.24) is 20.2 Å². The fraction of sp³-hybridized carbons (Fsp3) is 0.353. The number of rotatable bonds is 8. The van der Waals surface area contributed by atoms with Gasteiger partial charge < -0.3 is 10.1 Å². The molecule has 0 atom stereocenters. The predicted molar refractivity (Wildman–Crippen MR) is 95.1 cm³/mol. The summed E-state index contributed by atoms with van der Waals surface area (Å²) in [7, 11) is 1.86. The first-order valence-corrected chi connectivity index (χ1v) is 9.08. The normalized spacial score (nSPS) is 11.1. The zero-order valence-electron chi connectivity index (χ0n) is 14.0. The van der Waals surface area contributed by atoms with Gasteiger partial charge in [0.05, 0.1) is 24.5 Å². The molecule has 0 fully saturated rings. The summed E-state index contributed by atoms with van der Waals surface area (Å²) in [6.45, 7) is 4.59. The lowest BCUT2D eigenvalue weighted by atomic mass is 10.0. The number of tetrazole rings is 1. The molecule has 24 heavy (non-hydrogen) atoms. The Hall–Kier alpha value is -2.12. The second kappa shape index (κ2) is 8.12. The van der Waals surface area contributed by atoms with Gasteiger partial charge in [0.15, 0.2) is 0 Å². The summed E-state index contributed by atoms with van der Waals surface area (Å²) in [6.07, 6.45) is 0. The molecule has 0 bridgehead atoms. The second-order valence-electron chi connectivity index (χ2n) is 5.41. The molecule has 1 aromatic heterocycles. The number of aromatic nitrogens is 4. The second-order valence-corrected chi connectivity index (χ2v) is 6.47. The van der Waals surface area contributed by atoms with Crippen LogP contribution in [0.15, 0.2) is 41.6 Å². The minimum atomic E-state index is 0.681. The van der Waals surface area contributed by atoms with E-state index in [4.69, 9.17) is 4.74 Å². The van der Waals surface area contributed by atoms with E-state index in [1.165, 1.54) is 16.3 Å². The third-order valence-electron chi connectivity index (χ3n) is 3.78. The van der Waals surface area contributed by atoms with E-state index in [1.807, 2.05) is 14.0 Å². The van der Waals surface area contributed by atoms with Gasteiger partial charge in [-0.05, 0) is 34.2 Å². The van der Waals surface area contributed by atoms with Gasteiger partial charge in [0.25, 0.3) is 0 Å². The third kappa shape index (κ3) is 3.85. The van der Waals surface area contributed by atoms with Gasteiger partial charge in [-0.1, -0.05) is 42.1 Å². The molecule has 0 aliphatic heterocycles. The Bertz CT molecular complexity index is 805. The third-order valence-corrected chi connectivity index (χ3v) is 4.82. The lowest BCUT2D eigenvalue weighted by molar-refractivity contribution is -0.666. The number of thioether (sulfide) groups is 1. The van der Waals surface area contributed by atoms with Crippen LogP contribution >= 0.6 is 11.8 Å². The Kier molecular flexibility index (Phi) is 5.66. The molecule has 126 valence electrons. The zero-order chi connectivity index (χ0) is 16.8. The molecule has 0 aliphatic carbocycles. The minimum absolute atomic E-state index is 0.681. The molecule has 0 amide bonds. The Morgan fingerprint density at radius 2 is 2.08 bits per heavy atom. The molecule has 0 unspecified atom stereocenters. The van der Waals surface area contributed by atoms with Crippen molar-refractivity contribution in [2.45, 2.75) is 18.6 Å². The molecular weight excluding hydrogens is 322 g/mol. The van der Waals surface area contributed by atoms with Crippen molar-refractivity contribution in [3.8, 4) is 5.75 Å². The largest absolute Gasteiger partial charge is 0.493 e. The molecular formula is C17H22N5OS+. The van der Waals surface area contributed by atoms with Crippen LogP contribution in [-0.2, 0) is 13.6 Å². The van der Waals surface area contributed by atoms with Crippen molar-refractivity contribution in [2.24, 2.45) is 7.05 Å². The van der Waals surface area contributed by atoms with Crippen molar-refractivity contribution in [3.05, 3.63) is 42.0 Å². The molecule has 0 spiro atoms. The number of hydrogen-bond acceptors (Lipinski definition) is 5. The number of benzene rings is 2. The van der Waals surface area contributed by atoms with Crippen LogP contribution in [0.2, 0.25) is 0 Å². The Morgan fingerprint density at radius 1 is 1.21 bits per heavy atom. The van der Waals surface area contributed by atoms with Gasteiger partial charge in [-0.2, -0.15) is 0 Å². The quantitative estimate of drug-likeness (QED) is 0.497. The summed E-state index contributed by atoms with van der Waals surface area (Å²) in [6, 6.07) is 12.7. The highest BCUT2D eigenvalue weighted by Gasteiger charge is 2.10. The van der Waals surface area contributed by atoms with Gasteiger partial charge in [0.2, 0.25) is 5.16 Å². The van der Waals surface area contributed by atoms with Crippen LogP contribution in [0, 0.1) is 0 Å². The topological polar surface area (TPSA) is 69.4 Å². The van der Waals surface area contributed by atoms with Crippen LogP contribution in [-0.4, -0.2) is 39.1 Å². The minimum Gasteiger partial charge on any atom is -0.493 e. The van der Waals surface area contributed by atoms with Crippen molar-refractivity contribution < 1.29 is 10.1 Å². The van der Waals surface area contributed by atoms with E-state index in [2.05, 4.69) is 57.2 Å². The molecule has 2 aromatic carbocycles. The number of nitrogens with zero attached hydrogens (tertiary/aromatic N) is 4. The van der Waals surface area contributed by atoms with Gasteiger partial charge >= 0.3 is 0 Å². The highest BCUT2D eigenvalue weighted by molar-refractivity contribution is 7.99. The highest BCUT2D eigenvalue weighted by atomic mass is 32.2. The van der Waals surface area contributed by atoms with Crippen molar-refractivity contribution in [3.63, 3.8) is 0 Å². The van der Waals surface area contributed by atoms with Gasteiger partial charge in [-0.25, -0.2) is 4.68 Å². The molecule has 7 heteroatoms. The maximum absolute atomic E-state index is 5.82. The Labute approximate surface area is 145 Å². The Balaban J connectivity index is 1.63. The van der Waals surface area contributed by atoms with E-state index in [0.29, 0.717) is 6.61 Å². The van der Waals surface area contributed by atoms with Gasteiger partial charge in [-0.3, -0.25) is 0 Å². The fourth-order valence-corrected chi connectivity index (χ4v) is 3.43. The molecule has 3 rings (SSSR count). The van der Waals surface area contributed by atoms with Crippen LogP contribution in [0.5, 0.6) is 5.75 Å². The molecule has 0 saturated heterocycles. The maximum Gasteiger partial charge on any atom is 0.209 e. The summed E-state index contributed by atoms with van der Waals surface area (Å²) >= 11 is 1.67. The molecule has 6 nitrogen and oxygen atoms in total. The van der Waals surface area contributed by atoms with E-state index in [0.717, 1.165) is 29.7 Å². The number of fused-ring (bicyclic) bond motifs is 1. The van der Waals surface area contributed by atoms with E-state index in [9.17, 15) is 0 Å². The first-order chi connectivity index (χ1) is 11.8. The van der Waals surface area contributed by atoms with Crippen LogP contribution < -0.4 is 10.1 Å². The first-order valence-electron chi connectivity index (χ1n) is 8.10. The number of aryl methyl sites for hydroxylation is 1. The number of nitrogens with two attached hydrogens (primary N) is 1. The van der Waals surface area contributed by atoms with Gasteiger partial charge in [0, 0.05) is 7.05 Å². The molecule has 3 aromatic rings. The summed E-state index contributed by atoms with van der Waals surface area (Å²) in [5, 5.41) is 17.1. The van der Waals surface area contributed by atoms with Gasteiger partial charge in [0.1, 0.15) is 12.3 Å². The Morgan fingerprint density at radius 3 is 2.88 bits per heavy atom. The molecule has 0 saturated carbocycles. The molecule has 1 heterocycles. The van der Waals surface area contributed by atoms with E-state index < -0.39 is 0 Å². The first kappa shape index (κ1) is 16.7. The average molecular weight is 344 g/mol. The summed E-state index contributed by atoms with van der Waals surface area (Å²) in [5.41, 5.74) is 1.26. The molecule has 2 N–H and O–H groups in total. The SMILES string of the molecule is CCOc1ccc2ccccc2c1C[NH2+]CCSc1nnnn1C. The lowest BCUT2D eigenvalue weighted by Gasteiger charge is -2.12. The summed E-state index contributed by atoms with van der Waals surface area (Å²) < 4.78 is 7.52. The smallest absolute Gasteiger partial charge is 0.209 e. The van der Waals surface area contributed by atoms with E-state index in [1.54, 1.807) is 16.4 Å². The molecule has 0 aliphatic rings.